The van der Waals surface area contributed by atoms with Gasteiger partial charge in [-0.2, -0.15) is 0 Å². The van der Waals surface area contributed by atoms with Gasteiger partial charge in [0.2, 0.25) is 5.60 Å². The maximum Gasteiger partial charge on any atom is 0.287 e. The minimum atomic E-state index is -2.08. The summed E-state index contributed by atoms with van der Waals surface area (Å²) in [5.41, 5.74) is 4.56. The Hall–Kier alpha value is -3.79. The van der Waals surface area contributed by atoms with Gasteiger partial charge in [-0.25, -0.2) is 5.01 Å². The van der Waals surface area contributed by atoms with Gasteiger partial charge >= 0.3 is 0 Å². The van der Waals surface area contributed by atoms with E-state index in [0.29, 0.717) is 18.8 Å². The summed E-state index contributed by atoms with van der Waals surface area (Å²) in [6.45, 7) is 2.24. The molecule has 2 aromatic carbocycles. The van der Waals surface area contributed by atoms with Gasteiger partial charge in [0.1, 0.15) is 11.9 Å². The van der Waals surface area contributed by atoms with E-state index in [1.807, 2.05) is 30.4 Å². The summed E-state index contributed by atoms with van der Waals surface area (Å²) in [6.07, 6.45) is 9.19. The number of allylic oxidation sites excluding steroid dienone is 2. The smallest absolute Gasteiger partial charge is 0.287 e. The molecule has 9 nitrogen and oxygen atoms in total. The van der Waals surface area contributed by atoms with Crippen LogP contribution in [0.2, 0.25) is 0 Å². The minimum absolute atomic E-state index is 0.00454. The van der Waals surface area contributed by atoms with Gasteiger partial charge in [-0.3, -0.25) is 20.0 Å². The fourth-order valence-electron chi connectivity index (χ4n) is 4.58. The number of hydrazine groups is 1. The summed E-state index contributed by atoms with van der Waals surface area (Å²) >= 11 is 0. The van der Waals surface area contributed by atoms with Crippen molar-refractivity contribution in [3.63, 3.8) is 0 Å². The van der Waals surface area contributed by atoms with Gasteiger partial charge < -0.3 is 20.3 Å². The Morgan fingerprint density at radius 3 is 2.89 bits per heavy atom. The summed E-state index contributed by atoms with van der Waals surface area (Å²) in [7, 11) is 0. The number of carbonyl (C=O) groups is 2. The zero-order valence-electron chi connectivity index (χ0n) is 20.6. The molecular formula is C28H30N4O5. The number of amides is 2. The number of ether oxygens (including phenoxy) is 1. The highest BCUT2D eigenvalue weighted by Gasteiger charge is 2.50. The van der Waals surface area contributed by atoms with E-state index in [1.165, 1.54) is 6.92 Å². The first-order valence-electron chi connectivity index (χ1n) is 12.4. The van der Waals surface area contributed by atoms with Crippen LogP contribution >= 0.6 is 0 Å². The Morgan fingerprint density at radius 2 is 2.08 bits per heavy atom. The van der Waals surface area contributed by atoms with Crippen LogP contribution in [-0.4, -0.2) is 59.1 Å². The number of rotatable bonds is 7. The van der Waals surface area contributed by atoms with Gasteiger partial charge in [0.05, 0.1) is 11.8 Å². The Morgan fingerprint density at radius 1 is 1.24 bits per heavy atom. The third-order valence-corrected chi connectivity index (χ3v) is 6.80. The van der Waals surface area contributed by atoms with Gasteiger partial charge in [-0.15, -0.1) is 0 Å². The fraction of sp³-hybridized carbons (Fsp3) is 0.321. The molecule has 3 unspecified atom stereocenters. The Kier molecular flexibility index (Phi) is 6.92. The van der Waals surface area contributed by atoms with Crippen LogP contribution in [-0.2, 0) is 16.0 Å². The number of anilines is 1. The number of nitrogens with one attached hydrogen (secondary N) is 2. The van der Waals surface area contributed by atoms with Crippen molar-refractivity contribution in [2.45, 2.75) is 44.0 Å². The van der Waals surface area contributed by atoms with E-state index in [1.54, 1.807) is 30.6 Å². The summed E-state index contributed by atoms with van der Waals surface area (Å²) in [4.78, 5) is 28.5. The van der Waals surface area contributed by atoms with Crippen molar-refractivity contribution >= 4 is 23.7 Å². The molecule has 0 aliphatic carbocycles. The molecule has 9 heteroatoms. The highest BCUT2D eigenvalue weighted by Crippen LogP contribution is 2.34. The van der Waals surface area contributed by atoms with Crippen LogP contribution in [0, 0.1) is 0 Å². The van der Waals surface area contributed by atoms with Gasteiger partial charge in [-0.05, 0) is 72.7 Å². The number of aryl methyl sites for hydroxylation is 1. The van der Waals surface area contributed by atoms with E-state index in [-0.39, 0.29) is 6.10 Å². The van der Waals surface area contributed by atoms with Gasteiger partial charge in [-0.1, -0.05) is 30.4 Å². The van der Waals surface area contributed by atoms with Crippen molar-refractivity contribution < 1.29 is 24.5 Å². The average molecular weight is 503 g/mol. The van der Waals surface area contributed by atoms with E-state index in [2.05, 4.69) is 21.8 Å². The molecular weight excluding hydrogens is 472 g/mol. The molecule has 0 spiro atoms. The number of nitrogens with zero attached hydrogens (tertiary/aromatic N) is 2. The van der Waals surface area contributed by atoms with Crippen molar-refractivity contribution in [2.24, 2.45) is 4.99 Å². The van der Waals surface area contributed by atoms with Crippen molar-refractivity contribution in [3.8, 4) is 16.9 Å². The fourth-order valence-corrected chi connectivity index (χ4v) is 4.58. The molecule has 3 aliphatic heterocycles. The molecule has 1 fully saturated rings. The Labute approximate surface area is 215 Å². The third-order valence-electron chi connectivity index (χ3n) is 6.80. The average Bonchev–Trinajstić information content (AvgIpc) is 3.10. The lowest BCUT2D eigenvalue weighted by Gasteiger charge is -2.27. The quantitative estimate of drug-likeness (QED) is 0.430. The van der Waals surface area contributed by atoms with Crippen LogP contribution in [0.15, 0.2) is 71.4 Å². The molecule has 3 atom stereocenters. The summed E-state index contributed by atoms with van der Waals surface area (Å²) in [6, 6.07) is 13.2. The van der Waals surface area contributed by atoms with Crippen molar-refractivity contribution in [1.29, 1.82) is 0 Å². The van der Waals surface area contributed by atoms with E-state index in [0.717, 1.165) is 52.3 Å². The molecule has 2 aromatic rings. The first kappa shape index (κ1) is 24.9. The van der Waals surface area contributed by atoms with Crippen LogP contribution in [0.1, 0.15) is 25.3 Å². The molecule has 37 heavy (non-hydrogen) atoms. The lowest BCUT2D eigenvalue weighted by molar-refractivity contribution is -0.142. The number of hydrogen-bond acceptors (Lipinski definition) is 7. The van der Waals surface area contributed by atoms with Crippen molar-refractivity contribution in [2.75, 3.05) is 18.1 Å². The molecule has 0 aromatic heterocycles. The monoisotopic (exact) mass is 502 g/mol. The summed E-state index contributed by atoms with van der Waals surface area (Å²) in [5, 5.41) is 24.9. The van der Waals surface area contributed by atoms with E-state index < -0.39 is 23.5 Å². The summed E-state index contributed by atoms with van der Waals surface area (Å²) < 4.78 is 6.20. The zero-order valence-corrected chi connectivity index (χ0v) is 20.6. The second-order valence-electron chi connectivity index (χ2n) is 9.58. The SMILES string of the molecule is CC1(O)C(=O)NN(c2cccc(-c3ccc4c(c3)CCC(CNCC(O)C3=CCC=CN=C3)O4)c2)C1=O. The molecule has 192 valence electrons. The molecule has 0 radical (unpaired) electrons. The Bertz CT molecular complexity index is 1300. The number of aliphatic hydroxyl groups is 2. The van der Waals surface area contributed by atoms with Crippen LogP contribution in [0.5, 0.6) is 5.75 Å². The van der Waals surface area contributed by atoms with Crippen molar-refractivity contribution in [3.05, 3.63) is 72.0 Å². The molecule has 4 N–H and O–H groups in total. The van der Waals surface area contributed by atoms with Crippen LogP contribution < -0.4 is 20.5 Å². The number of hydrogen-bond donors (Lipinski definition) is 4. The molecule has 3 heterocycles. The maximum absolute atomic E-state index is 12.5. The molecule has 2 amide bonds. The van der Waals surface area contributed by atoms with Gasteiger partial charge in [0.15, 0.2) is 0 Å². The third kappa shape index (κ3) is 5.20. The summed E-state index contributed by atoms with van der Waals surface area (Å²) in [5.74, 6) is -0.627. The number of fused-ring (bicyclic) bond motifs is 1. The normalized spacial score (nSPS) is 23.7. The number of aliphatic hydroxyl groups excluding tert-OH is 1. The zero-order chi connectivity index (χ0) is 26.0. The predicted octanol–water partition coefficient (Wildman–Crippen LogP) is 2.04. The first-order valence-corrected chi connectivity index (χ1v) is 12.4. The van der Waals surface area contributed by atoms with E-state index in [9.17, 15) is 19.8 Å². The lowest BCUT2D eigenvalue weighted by Crippen LogP contribution is -2.40. The minimum Gasteiger partial charge on any atom is -0.489 e. The van der Waals surface area contributed by atoms with Crippen molar-refractivity contribution in [1.82, 2.24) is 10.7 Å². The molecule has 1 saturated heterocycles. The lowest BCUT2D eigenvalue weighted by atomic mass is 9.96. The highest BCUT2D eigenvalue weighted by atomic mass is 16.5. The maximum atomic E-state index is 12.5. The molecule has 3 aliphatic rings. The standard InChI is InChI=1S/C28H30N4O5/c1-28(36)26(34)31-32(27(28)35)22-7-4-6-18(14-22)19-9-11-25-20(13-19)8-10-23(37-25)16-30-17-24(33)21-5-2-3-12-29-15-21/h3-7,9,11-15,23-24,30,33,36H,2,8,10,16-17H2,1H3,(H,31,34). The van der Waals surface area contributed by atoms with Crippen LogP contribution in [0.25, 0.3) is 11.1 Å². The van der Waals surface area contributed by atoms with E-state index in [4.69, 9.17) is 4.74 Å². The molecule has 0 saturated carbocycles. The van der Waals surface area contributed by atoms with Crippen LogP contribution in [0.3, 0.4) is 0 Å². The first-order chi connectivity index (χ1) is 17.8. The van der Waals surface area contributed by atoms with Crippen LogP contribution in [0.4, 0.5) is 5.69 Å². The van der Waals surface area contributed by atoms with E-state index >= 15 is 0 Å². The predicted molar refractivity (Wildman–Crippen MR) is 140 cm³/mol. The highest BCUT2D eigenvalue weighted by molar-refractivity contribution is 6.20. The Balaban J connectivity index is 1.21. The van der Waals surface area contributed by atoms with Gasteiger partial charge in [0, 0.05) is 25.5 Å². The number of aliphatic imine (C=N–C) groups is 1. The molecule has 0 bridgehead atoms. The number of carbonyl (C=O) groups excluding carboxylic acids is 2. The van der Waals surface area contributed by atoms with Gasteiger partial charge in [0.25, 0.3) is 11.8 Å². The second kappa shape index (κ2) is 10.3. The number of benzene rings is 2. The largest absolute Gasteiger partial charge is 0.489 e. The molecule has 5 rings (SSSR count). The second-order valence-corrected chi connectivity index (χ2v) is 9.58. The topological polar surface area (TPSA) is 123 Å².